The van der Waals surface area contributed by atoms with E-state index in [2.05, 4.69) is 10.6 Å². The van der Waals surface area contributed by atoms with Gasteiger partial charge in [0.2, 0.25) is 0 Å². The molecule has 2 amide bonds. The molecule has 5 heteroatoms. The average molecular weight is 331 g/mol. The van der Waals surface area contributed by atoms with Crippen molar-refractivity contribution in [1.82, 2.24) is 5.32 Å². The van der Waals surface area contributed by atoms with E-state index < -0.39 is 0 Å². The number of hydrogen-bond acceptors (Lipinski definition) is 2. The summed E-state index contributed by atoms with van der Waals surface area (Å²) in [5.41, 5.74) is 1.59. The fraction of sp³-hybridized carbons (Fsp3) is 0.222. The van der Waals surface area contributed by atoms with Crippen LogP contribution in [0.3, 0.4) is 0 Å². The third-order valence-electron chi connectivity index (χ3n) is 3.48. The first-order valence-corrected chi connectivity index (χ1v) is 7.85. The van der Waals surface area contributed by atoms with Gasteiger partial charge < -0.3 is 10.6 Å². The van der Waals surface area contributed by atoms with Crippen LogP contribution < -0.4 is 10.6 Å². The zero-order valence-corrected chi connectivity index (χ0v) is 13.9. The maximum atomic E-state index is 12.2. The Morgan fingerprint density at radius 3 is 2.39 bits per heavy atom. The van der Waals surface area contributed by atoms with Crippen molar-refractivity contribution in [3.63, 3.8) is 0 Å². The van der Waals surface area contributed by atoms with Gasteiger partial charge in [0, 0.05) is 27.9 Å². The first-order valence-electron chi connectivity index (χ1n) is 7.47. The van der Waals surface area contributed by atoms with Gasteiger partial charge in [-0.25, -0.2) is 0 Å². The quantitative estimate of drug-likeness (QED) is 0.866. The lowest BCUT2D eigenvalue weighted by Crippen LogP contribution is -2.31. The van der Waals surface area contributed by atoms with Gasteiger partial charge in [-0.3, -0.25) is 9.59 Å². The van der Waals surface area contributed by atoms with Crippen LogP contribution in [0.5, 0.6) is 0 Å². The molecule has 2 aromatic carbocycles. The van der Waals surface area contributed by atoms with E-state index in [4.69, 9.17) is 11.6 Å². The highest BCUT2D eigenvalue weighted by atomic mass is 35.5. The third-order valence-corrected chi connectivity index (χ3v) is 3.73. The Hall–Kier alpha value is -2.33. The Balaban J connectivity index is 2.09. The smallest absolute Gasteiger partial charge is 0.255 e. The second kappa shape index (κ2) is 7.79. The summed E-state index contributed by atoms with van der Waals surface area (Å²) in [6, 6.07) is 13.6. The predicted octanol–water partition coefficient (Wildman–Crippen LogP) is 4.12. The number of hydrogen-bond donors (Lipinski definition) is 2. The molecule has 0 fully saturated rings. The van der Waals surface area contributed by atoms with Crippen LogP contribution in [0.1, 0.15) is 41.0 Å². The molecule has 0 saturated carbocycles. The van der Waals surface area contributed by atoms with Crippen LogP contribution in [0.15, 0.2) is 48.5 Å². The summed E-state index contributed by atoms with van der Waals surface area (Å²) in [6.07, 6.45) is 0.860. The van der Waals surface area contributed by atoms with E-state index in [1.807, 2.05) is 13.8 Å². The second-order valence-electron chi connectivity index (χ2n) is 5.32. The molecule has 0 aliphatic carbocycles. The topological polar surface area (TPSA) is 58.2 Å². The molecule has 0 aromatic heterocycles. The van der Waals surface area contributed by atoms with E-state index in [1.54, 1.807) is 48.5 Å². The number of rotatable bonds is 5. The summed E-state index contributed by atoms with van der Waals surface area (Å²) in [5, 5.41) is 6.25. The first-order chi connectivity index (χ1) is 11.0. The van der Waals surface area contributed by atoms with Gasteiger partial charge in [0.1, 0.15) is 0 Å². The molecule has 1 atom stereocenters. The highest BCUT2D eigenvalue weighted by molar-refractivity contribution is 6.30. The van der Waals surface area contributed by atoms with Crippen LogP contribution in [0.25, 0.3) is 0 Å². The van der Waals surface area contributed by atoms with Gasteiger partial charge >= 0.3 is 0 Å². The molecule has 0 radical (unpaired) electrons. The number of anilines is 1. The summed E-state index contributed by atoms with van der Waals surface area (Å²) >= 11 is 5.81. The van der Waals surface area contributed by atoms with Crippen LogP contribution in [-0.4, -0.2) is 17.9 Å². The van der Waals surface area contributed by atoms with Gasteiger partial charge in [0.05, 0.1) is 0 Å². The molecule has 2 N–H and O–H groups in total. The standard InChI is InChI=1S/C18H19ClN2O2/c1-3-12(2)20-18(23)14-5-4-6-16(11-14)21-17(22)13-7-9-15(19)10-8-13/h4-12H,3H2,1-2H3,(H,20,23)(H,21,22). The van der Waals surface area contributed by atoms with Crippen LogP contribution in [0.4, 0.5) is 5.69 Å². The number of carbonyl (C=O) groups is 2. The molecule has 0 spiro atoms. The van der Waals surface area contributed by atoms with Gasteiger partial charge in [-0.2, -0.15) is 0 Å². The second-order valence-corrected chi connectivity index (χ2v) is 5.76. The molecule has 0 heterocycles. The summed E-state index contributed by atoms with van der Waals surface area (Å²) in [5.74, 6) is -0.400. The molecular weight excluding hydrogens is 312 g/mol. The number of benzene rings is 2. The van der Waals surface area contributed by atoms with Gasteiger partial charge in [-0.1, -0.05) is 24.6 Å². The van der Waals surface area contributed by atoms with Gasteiger partial charge in [0.25, 0.3) is 11.8 Å². The maximum absolute atomic E-state index is 12.2. The van der Waals surface area contributed by atoms with Crippen molar-refractivity contribution in [2.45, 2.75) is 26.3 Å². The molecule has 0 aliphatic heterocycles. The maximum Gasteiger partial charge on any atom is 0.255 e. The van der Waals surface area contributed by atoms with Crippen molar-refractivity contribution in [1.29, 1.82) is 0 Å². The molecule has 120 valence electrons. The predicted molar refractivity (Wildman–Crippen MR) is 93.1 cm³/mol. The van der Waals surface area contributed by atoms with E-state index in [9.17, 15) is 9.59 Å². The minimum Gasteiger partial charge on any atom is -0.350 e. The van der Waals surface area contributed by atoms with Crippen LogP contribution in [0.2, 0.25) is 5.02 Å². The van der Waals surface area contributed by atoms with Crippen molar-refractivity contribution >= 4 is 29.1 Å². The molecule has 1 unspecified atom stereocenters. The zero-order valence-electron chi connectivity index (χ0n) is 13.1. The van der Waals surface area contributed by atoms with Gasteiger partial charge in [-0.05, 0) is 55.8 Å². The number of carbonyl (C=O) groups excluding carboxylic acids is 2. The monoisotopic (exact) mass is 330 g/mol. The Labute approximate surface area is 140 Å². The van der Waals surface area contributed by atoms with Crippen molar-refractivity contribution in [3.8, 4) is 0 Å². The van der Waals surface area contributed by atoms with Crippen molar-refractivity contribution in [2.75, 3.05) is 5.32 Å². The summed E-state index contributed by atoms with van der Waals surface area (Å²) < 4.78 is 0. The molecular formula is C18H19ClN2O2. The Morgan fingerprint density at radius 2 is 1.74 bits per heavy atom. The lowest BCUT2D eigenvalue weighted by atomic mass is 10.1. The Bertz CT molecular complexity index is 698. The first kappa shape index (κ1) is 17.0. The minimum absolute atomic E-state index is 0.106. The SMILES string of the molecule is CCC(C)NC(=O)c1cccc(NC(=O)c2ccc(Cl)cc2)c1. The van der Waals surface area contributed by atoms with E-state index in [0.29, 0.717) is 21.8 Å². The fourth-order valence-corrected chi connectivity index (χ4v) is 2.08. The largest absolute Gasteiger partial charge is 0.350 e. The van der Waals surface area contributed by atoms with E-state index in [1.165, 1.54) is 0 Å². The molecule has 2 aromatic rings. The summed E-state index contributed by atoms with van der Waals surface area (Å²) in [7, 11) is 0. The van der Waals surface area contributed by atoms with Crippen molar-refractivity contribution < 1.29 is 9.59 Å². The highest BCUT2D eigenvalue weighted by Gasteiger charge is 2.11. The fourth-order valence-electron chi connectivity index (χ4n) is 1.95. The zero-order chi connectivity index (χ0) is 16.8. The molecule has 23 heavy (non-hydrogen) atoms. The normalized spacial score (nSPS) is 11.6. The van der Waals surface area contributed by atoms with E-state index in [-0.39, 0.29) is 17.9 Å². The molecule has 0 saturated heterocycles. The van der Waals surface area contributed by atoms with Gasteiger partial charge in [-0.15, -0.1) is 0 Å². The number of halogens is 1. The lowest BCUT2D eigenvalue weighted by Gasteiger charge is -2.12. The van der Waals surface area contributed by atoms with E-state index in [0.717, 1.165) is 6.42 Å². The number of amides is 2. The van der Waals surface area contributed by atoms with Gasteiger partial charge in [0.15, 0.2) is 0 Å². The molecule has 0 aliphatic rings. The molecule has 4 nitrogen and oxygen atoms in total. The van der Waals surface area contributed by atoms with Crippen LogP contribution in [0, 0.1) is 0 Å². The Kier molecular flexibility index (Phi) is 5.77. The minimum atomic E-state index is -0.249. The van der Waals surface area contributed by atoms with E-state index >= 15 is 0 Å². The Morgan fingerprint density at radius 1 is 1.04 bits per heavy atom. The molecule has 0 bridgehead atoms. The number of nitrogens with one attached hydrogen (secondary N) is 2. The van der Waals surface area contributed by atoms with Crippen LogP contribution in [-0.2, 0) is 0 Å². The summed E-state index contributed by atoms with van der Waals surface area (Å²) in [6.45, 7) is 3.96. The average Bonchev–Trinajstić information content (AvgIpc) is 2.55. The highest BCUT2D eigenvalue weighted by Crippen LogP contribution is 2.14. The van der Waals surface area contributed by atoms with Crippen molar-refractivity contribution in [3.05, 3.63) is 64.7 Å². The van der Waals surface area contributed by atoms with Crippen LogP contribution >= 0.6 is 11.6 Å². The summed E-state index contributed by atoms with van der Waals surface area (Å²) in [4.78, 5) is 24.3. The molecule has 2 rings (SSSR count). The van der Waals surface area contributed by atoms with Crippen molar-refractivity contribution in [2.24, 2.45) is 0 Å². The third kappa shape index (κ3) is 4.83. The lowest BCUT2D eigenvalue weighted by molar-refractivity contribution is 0.0938.